The molecule has 1 aromatic heterocycles. The number of benzene rings is 2. The van der Waals surface area contributed by atoms with Crippen molar-refractivity contribution < 1.29 is 17.9 Å². The van der Waals surface area contributed by atoms with Gasteiger partial charge in [-0.1, -0.05) is 29.8 Å². The van der Waals surface area contributed by atoms with Crippen LogP contribution < -0.4 is 14.8 Å². The number of nitrogens with zero attached hydrogens (tertiary/aromatic N) is 2. The van der Waals surface area contributed by atoms with Crippen LogP contribution in [0.1, 0.15) is 35.7 Å². The molecule has 0 spiro atoms. The van der Waals surface area contributed by atoms with E-state index < -0.39 is 10.0 Å². The highest BCUT2D eigenvalue weighted by Crippen LogP contribution is 2.33. The highest BCUT2D eigenvalue weighted by atomic mass is 35.5. The molecule has 0 saturated heterocycles. The number of halogens is 1. The van der Waals surface area contributed by atoms with Crippen LogP contribution in [0.15, 0.2) is 60.9 Å². The largest absolute Gasteiger partial charge is 0.488 e. The number of hydrogen-bond acceptors (Lipinski definition) is 5. The van der Waals surface area contributed by atoms with Gasteiger partial charge in [-0.2, -0.15) is 5.10 Å². The third-order valence-corrected chi connectivity index (χ3v) is 5.94. The maximum atomic E-state index is 12.7. The summed E-state index contributed by atoms with van der Waals surface area (Å²) in [4.78, 5) is 12.7. The summed E-state index contributed by atoms with van der Waals surface area (Å²) in [5.41, 5.74) is 1.01. The predicted octanol–water partition coefficient (Wildman–Crippen LogP) is 4.33. The zero-order valence-corrected chi connectivity index (χ0v) is 18.9. The quantitative estimate of drug-likeness (QED) is 0.530. The number of aromatic nitrogens is 2. The molecule has 1 amide bonds. The average molecular weight is 475 g/mol. The minimum absolute atomic E-state index is 0.0224. The lowest BCUT2D eigenvalue weighted by Gasteiger charge is -2.21. The van der Waals surface area contributed by atoms with Gasteiger partial charge in [0.25, 0.3) is 5.91 Å². The van der Waals surface area contributed by atoms with Crippen molar-refractivity contribution in [3.8, 4) is 5.75 Å². The summed E-state index contributed by atoms with van der Waals surface area (Å²) < 4.78 is 33.2. The lowest BCUT2D eigenvalue weighted by molar-refractivity contribution is 0.102. The van der Waals surface area contributed by atoms with E-state index in [0.29, 0.717) is 11.3 Å². The van der Waals surface area contributed by atoms with Crippen LogP contribution in [0.2, 0.25) is 5.02 Å². The van der Waals surface area contributed by atoms with Gasteiger partial charge in [-0.25, -0.2) is 8.42 Å². The minimum atomic E-state index is -3.47. The Kier molecular flexibility index (Phi) is 6.38. The van der Waals surface area contributed by atoms with Gasteiger partial charge >= 0.3 is 0 Å². The standard InChI is InChI=1S/C22H23ClN4O4S/c1-32(29,30)26-18-11-16(23)10-17(12-18)25-22(28)15-13-24-27(14-15)20-8-5-9-21(20)31-19-6-3-2-4-7-19/h2-4,6-7,10-14,20-21,26H,5,8-9H2,1H3,(H,25,28). The van der Waals surface area contributed by atoms with Crippen LogP contribution in [0, 0.1) is 0 Å². The summed E-state index contributed by atoms with van der Waals surface area (Å²) in [7, 11) is -3.47. The first-order valence-electron chi connectivity index (χ1n) is 10.1. The van der Waals surface area contributed by atoms with Gasteiger partial charge in [0.2, 0.25) is 10.0 Å². The van der Waals surface area contributed by atoms with E-state index in [2.05, 4.69) is 15.1 Å². The molecule has 1 fully saturated rings. The summed E-state index contributed by atoms with van der Waals surface area (Å²) in [6, 6.07) is 14.2. The van der Waals surface area contributed by atoms with Gasteiger partial charge in [0, 0.05) is 16.9 Å². The predicted molar refractivity (Wildman–Crippen MR) is 124 cm³/mol. The van der Waals surface area contributed by atoms with Gasteiger partial charge in [0.1, 0.15) is 11.9 Å². The molecule has 4 rings (SSSR count). The van der Waals surface area contributed by atoms with Crippen molar-refractivity contribution in [3.63, 3.8) is 0 Å². The molecule has 1 saturated carbocycles. The van der Waals surface area contributed by atoms with E-state index in [1.54, 1.807) is 10.9 Å². The number of sulfonamides is 1. The van der Waals surface area contributed by atoms with E-state index in [4.69, 9.17) is 16.3 Å². The molecule has 32 heavy (non-hydrogen) atoms. The van der Waals surface area contributed by atoms with E-state index in [9.17, 15) is 13.2 Å². The number of rotatable bonds is 7. The normalized spacial score (nSPS) is 18.3. The second kappa shape index (κ2) is 9.22. The molecule has 0 aliphatic heterocycles. The number of carbonyl (C=O) groups excluding carboxylic acids is 1. The Morgan fingerprint density at radius 2 is 1.91 bits per heavy atom. The minimum Gasteiger partial charge on any atom is -0.488 e. The smallest absolute Gasteiger partial charge is 0.258 e. The molecule has 8 nitrogen and oxygen atoms in total. The summed E-state index contributed by atoms with van der Waals surface area (Å²) >= 11 is 6.06. The maximum Gasteiger partial charge on any atom is 0.258 e. The third-order valence-electron chi connectivity index (χ3n) is 5.11. The molecule has 0 bridgehead atoms. The molecule has 2 unspecified atom stereocenters. The van der Waals surface area contributed by atoms with E-state index in [0.717, 1.165) is 31.3 Å². The second-order valence-corrected chi connectivity index (χ2v) is 9.92. The van der Waals surface area contributed by atoms with E-state index in [1.807, 2.05) is 30.3 Å². The number of amides is 1. The Morgan fingerprint density at radius 1 is 1.16 bits per heavy atom. The second-order valence-electron chi connectivity index (χ2n) is 7.73. The van der Waals surface area contributed by atoms with Crippen molar-refractivity contribution >= 4 is 38.9 Å². The van der Waals surface area contributed by atoms with Gasteiger partial charge < -0.3 is 10.1 Å². The lowest BCUT2D eigenvalue weighted by atomic mass is 10.2. The fourth-order valence-electron chi connectivity index (χ4n) is 3.80. The van der Waals surface area contributed by atoms with Crippen molar-refractivity contribution in [2.75, 3.05) is 16.3 Å². The summed E-state index contributed by atoms with van der Waals surface area (Å²) in [5.74, 6) is 0.441. The summed E-state index contributed by atoms with van der Waals surface area (Å²) in [6.07, 6.45) is 7.07. The number of hydrogen-bond donors (Lipinski definition) is 2. The van der Waals surface area contributed by atoms with Crippen LogP contribution >= 0.6 is 11.6 Å². The molecule has 168 valence electrons. The molecule has 1 aliphatic rings. The van der Waals surface area contributed by atoms with Crippen molar-refractivity contribution in [2.45, 2.75) is 31.4 Å². The fraction of sp³-hybridized carbons (Fsp3) is 0.273. The Labute approximate surface area is 191 Å². The Bertz CT molecular complexity index is 1210. The van der Waals surface area contributed by atoms with Crippen LogP contribution in [-0.4, -0.2) is 36.5 Å². The number of anilines is 2. The zero-order valence-electron chi connectivity index (χ0n) is 17.4. The van der Waals surface area contributed by atoms with Crippen LogP contribution in [-0.2, 0) is 10.0 Å². The van der Waals surface area contributed by atoms with Gasteiger partial charge in [0.15, 0.2) is 0 Å². The first-order chi connectivity index (χ1) is 15.3. The van der Waals surface area contributed by atoms with Crippen molar-refractivity contribution in [2.24, 2.45) is 0 Å². The molecule has 10 heteroatoms. The molecule has 2 atom stereocenters. The van der Waals surface area contributed by atoms with Gasteiger partial charge in [-0.05, 0) is 49.6 Å². The number of para-hydroxylation sites is 1. The Hall–Kier alpha value is -3.04. The van der Waals surface area contributed by atoms with E-state index in [-0.39, 0.29) is 28.8 Å². The highest BCUT2D eigenvalue weighted by molar-refractivity contribution is 7.92. The molecule has 1 heterocycles. The lowest BCUT2D eigenvalue weighted by Crippen LogP contribution is -2.25. The van der Waals surface area contributed by atoms with Crippen molar-refractivity contribution in [3.05, 3.63) is 71.5 Å². The fourth-order valence-corrected chi connectivity index (χ4v) is 4.58. The maximum absolute atomic E-state index is 12.7. The summed E-state index contributed by atoms with van der Waals surface area (Å²) in [5, 5.41) is 7.42. The van der Waals surface area contributed by atoms with Gasteiger partial charge in [0.05, 0.1) is 29.7 Å². The van der Waals surface area contributed by atoms with Crippen LogP contribution in [0.4, 0.5) is 11.4 Å². The van der Waals surface area contributed by atoms with Crippen LogP contribution in [0.25, 0.3) is 0 Å². The number of carbonyl (C=O) groups is 1. The van der Waals surface area contributed by atoms with Crippen LogP contribution in [0.5, 0.6) is 5.75 Å². The van der Waals surface area contributed by atoms with Crippen molar-refractivity contribution in [1.29, 1.82) is 0 Å². The molecule has 2 aromatic carbocycles. The van der Waals surface area contributed by atoms with E-state index in [1.165, 1.54) is 24.4 Å². The SMILES string of the molecule is CS(=O)(=O)Nc1cc(Cl)cc(NC(=O)c2cnn(C3CCCC3Oc3ccccc3)c2)c1. The zero-order chi connectivity index (χ0) is 22.7. The Morgan fingerprint density at radius 3 is 2.66 bits per heavy atom. The molecule has 0 radical (unpaired) electrons. The molecule has 3 aromatic rings. The monoisotopic (exact) mass is 474 g/mol. The molecular weight excluding hydrogens is 452 g/mol. The number of nitrogens with one attached hydrogen (secondary N) is 2. The molecule has 2 N–H and O–H groups in total. The average Bonchev–Trinajstić information content (AvgIpc) is 3.36. The summed E-state index contributed by atoms with van der Waals surface area (Å²) in [6.45, 7) is 0. The van der Waals surface area contributed by atoms with E-state index >= 15 is 0 Å². The highest BCUT2D eigenvalue weighted by Gasteiger charge is 2.31. The Balaban J connectivity index is 1.46. The topological polar surface area (TPSA) is 102 Å². The number of ether oxygens (including phenoxy) is 1. The van der Waals surface area contributed by atoms with Gasteiger partial charge in [-0.3, -0.25) is 14.2 Å². The molecular formula is C22H23ClN4O4S. The van der Waals surface area contributed by atoms with Crippen molar-refractivity contribution in [1.82, 2.24) is 9.78 Å². The first kappa shape index (κ1) is 22.2. The third kappa shape index (κ3) is 5.60. The van der Waals surface area contributed by atoms with Gasteiger partial charge in [-0.15, -0.1) is 0 Å². The first-order valence-corrected chi connectivity index (χ1v) is 12.4. The van der Waals surface area contributed by atoms with Crippen LogP contribution in [0.3, 0.4) is 0 Å². The molecule has 1 aliphatic carbocycles.